The lowest BCUT2D eigenvalue weighted by atomic mass is 10.3. The van der Waals surface area contributed by atoms with E-state index in [-0.39, 0.29) is 12.5 Å². The molecule has 0 aliphatic rings. The fourth-order valence-corrected chi connectivity index (χ4v) is 2.04. The molecule has 9 heteroatoms. The average Bonchev–Trinajstić information content (AvgIpc) is 3.32. The van der Waals surface area contributed by atoms with Crippen LogP contribution in [0.2, 0.25) is 0 Å². The number of rotatable bonds is 6. The second-order valence-electron chi connectivity index (χ2n) is 4.98. The van der Waals surface area contributed by atoms with Crippen molar-refractivity contribution in [1.29, 1.82) is 0 Å². The van der Waals surface area contributed by atoms with Gasteiger partial charge in [-0.15, -0.1) is 0 Å². The molecule has 0 fully saturated rings. The van der Waals surface area contributed by atoms with Gasteiger partial charge in [0.15, 0.2) is 0 Å². The highest BCUT2D eigenvalue weighted by Crippen LogP contribution is 2.14. The number of carbonyl (C=O) groups is 1. The number of nitrogens with one attached hydrogen (secondary N) is 1. The fourth-order valence-electron chi connectivity index (χ4n) is 2.04. The predicted molar refractivity (Wildman–Crippen MR) is 80.0 cm³/mol. The number of hydrogen-bond acceptors (Lipinski definition) is 6. The fraction of sp³-hybridized carbons (Fsp3) is 0.357. The quantitative estimate of drug-likeness (QED) is 0.728. The van der Waals surface area contributed by atoms with E-state index in [9.17, 15) is 4.79 Å². The van der Waals surface area contributed by atoms with Crippen molar-refractivity contribution in [2.45, 2.75) is 33.0 Å². The molecular formula is C14H17N7O2. The van der Waals surface area contributed by atoms with Gasteiger partial charge in [0.1, 0.15) is 6.04 Å². The molecule has 0 aliphatic carbocycles. The van der Waals surface area contributed by atoms with Crippen molar-refractivity contribution in [3.05, 3.63) is 36.7 Å². The zero-order chi connectivity index (χ0) is 16.2. The van der Waals surface area contributed by atoms with Crippen LogP contribution in [0.3, 0.4) is 0 Å². The van der Waals surface area contributed by atoms with Gasteiger partial charge in [-0.25, -0.2) is 0 Å². The monoisotopic (exact) mass is 315 g/mol. The summed E-state index contributed by atoms with van der Waals surface area (Å²) >= 11 is 0. The van der Waals surface area contributed by atoms with Crippen LogP contribution in [0.15, 0.2) is 35.4 Å². The van der Waals surface area contributed by atoms with Gasteiger partial charge >= 0.3 is 0 Å². The van der Waals surface area contributed by atoms with Gasteiger partial charge in [0.25, 0.3) is 0 Å². The van der Waals surface area contributed by atoms with Gasteiger partial charge in [-0.2, -0.15) is 15.2 Å². The Kier molecular flexibility index (Phi) is 4.18. The van der Waals surface area contributed by atoms with Crippen LogP contribution in [-0.4, -0.2) is 35.6 Å². The van der Waals surface area contributed by atoms with Crippen LogP contribution >= 0.6 is 0 Å². The summed E-state index contributed by atoms with van der Waals surface area (Å²) in [5.41, 5.74) is 0.776. The first-order chi connectivity index (χ1) is 11.2. The van der Waals surface area contributed by atoms with Crippen molar-refractivity contribution in [3.63, 3.8) is 0 Å². The van der Waals surface area contributed by atoms with Crippen LogP contribution in [0, 0.1) is 0 Å². The zero-order valence-corrected chi connectivity index (χ0v) is 12.9. The lowest BCUT2D eigenvalue weighted by Gasteiger charge is -2.11. The van der Waals surface area contributed by atoms with Crippen molar-refractivity contribution in [1.82, 2.24) is 35.0 Å². The highest BCUT2D eigenvalue weighted by atomic mass is 16.5. The number of nitrogens with zero attached hydrogens (tertiary/aromatic N) is 6. The average molecular weight is 315 g/mol. The maximum atomic E-state index is 12.1. The summed E-state index contributed by atoms with van der Waals surface area (Å²) in [6.07, 6.45) is 6.88. The third-order valence-electron chi connectivity index (χ3n) is 3.40. The second-order valence-corrected chi connectivity index (χ2v) is 4.98. The summed E-state index contributed by atoms with van der Waals surface area (Å²) in [5.74, 6) is 0.617. The molecule has 0 aromatic carbocycles. The first kappa shape index (κ1) is 14.9. The molecule has 1 unspecified atom stereocenters. The molecule has 0 saturated carbocycles. The van der Waals surface area contributed by atoms with Gasteiger partial charge in [0.05, 0.1) is 18.3 Å². The lowest BCUT2D eigenvalue weighted by Crippen LogP contribution is -2.30. The van der Waals surface area contributed by atoms with E-state index in [1.807, 2.05) is 13.1 Å². The van der Waals surface area contributed by atoms with Crippen molar-refractivity contribution in [2.24, 2.45) is 0 Å². The van der Waals surface area contributed by atoms with Crippen LogP contribution in [0.25, 0.3) is 11.4 Å². The third-order valence-corrected chi connectivity index (χ3v) is 3.40. The van der Waals surface area contributed by atoms with Gasteiger partial charge in [0, 0.05) is 25.1 Å². The van der Waals surface area contributed by atoms with E-state index in [4.69, 9.17) is 4.52 Å². The Morgan fingerprint density at radius 3 is 3.00 bits per heavy atom. The number of hydrogen-bond donors (Lipinski definition) is 1. The molecule has 0 saturated heterocycles. The smallest absolute Gasteiger partial charge is 0.246 e. The Hall–Kier alpha value is -2.97. The summed E-state index contributed by atoms with van der Waals surface area (Å²) in [6.45, 7) is 4.70. The Morgan fingerprint density at radius 2 is 2.30 bits per heavy atom. The topological polar surface area (TPSA) is 104 Å². The Morgan fingerprint density at radius 1 is 1.43 bits per heavy atom. The molecule has 3 heterocycles. The zero-order valence-electron chi connectivity index (χ0n) is 12.9. The van der Waals surface area contributed by atoms with E-state index >= 15 is 0 Å². The van der Waals surface area contributed by atoms with Crippen LogP contribution in [0.5, 0.6) is 0 Å². The molecule has 1 amide bonds. The maximum Gasteiger partial charge on any atom is 0.246 e. The van der Waals surface area contributed by atoms with E-state index in [0.29, 0.717) is 11.7 Å². The first-order valence-electron chi connectivity index (χ1n) is 7.29. The molecule has 0 spiro atoms. The van der Waals surface area contributed by atoms with Crippen LogP contribution in [0.1, 0.15) is 25.8 Å². The molecule has 9 nitrogen and oxygen atoms in total. The SMILES string of the molecule is CCn1cc(-c2noc(CNC(=O)C(C)n3cccn3)n2)cn1. The van der Waals surface area contributed by atoms with Gasteiger partial charge in [-0.1, -0.05) is 5.16 Å². The van der Waals surface area contributed by atoms with Crippen molar-refractivity contribution in [3.8, 4) is 11.4 Å². The maximum absolute atomic E-state index is 12.1. The van der Waals surface area contributed by atoms with Gasteiger partial charge in [-0.3, -0.25) is 14.2 Å². The van der Waals surface area contributed by atoms with E-state index < -0.39 is 6.04 Å². The molecule has 1 atom stereocenters. The van der Waals surface area contributed by atoms with Crippen molar-refractivity contribution < 1.29 is 9.32 Å². The largest absolute Gasteiger partial charge is 0.345 e. The molecule has 0 aliphatic heterocycles. The minimum Gasteiger partial charge on any atom is -0.345 e. The van der Waals surface area contributed by atoms with Crippen LogP contribution in [0.4, 0.5) is 0 Å². The van der Waals surface area contributed by atoms with Crippen molar-refractivity contribution >= 4 is 5.91 Å². The van der Waals surface area contributed by atoms with Gasteiger partial charge in [0.2, 0.25) is 17.6 Å². The Bertz CT molecular complexity index is 775. The normalized spacial score (nSPS) is 12.3. The summed E-state index contributed by atoms with van der Waals surface area (Å²) in [7, 11) is 0. The van der Waals surface area contributed by atoms with Crippen LogP contribution < -0.4 is 5.32 Å². The minimum absolute atomic E-state index is 0.166. The third kappa shape index (κ3) is 3.28. The summed E-state index contributed by atoms with van der Waals surface area (Å²) in [4.78, 5) is 16.3. The number of aromatic nitrogens is 6. The molecule has 0 bridgehead atoms. The molecule has 3 aromatic rings. The van der Waals surface area contributed by atoms with Crippen LogP contribution in [-0.2, 0) is 17.9 Å². The number of aryl methyl sites for hydroxylation is 1. The summed E-state index contributed by atoms with van der Waals surface area (Å²) in [6, 6.07) is 1.36. The standard InChI is InChI=1S/C14H17N7O2/c1-3-20-9-11(7-17-20)13-18-12(23-19-13)8-15-14(22)10(2)21-6-4-5-16-21/h4-7,9-10H,3,8H2,1-2H3,(H,15,22). The van der Waals surface area contributed by atoms with E-state index in [0.717, 1.165) is 12.1 Å². The highest BCUT2D eigenvalue weighted by molar-refractivity contribution is 5.79. The predicted octanol–water partition coefficient (Wildman–Crippen LogP) is 1.03. The molecule has 120 valence electrons. The Labute approximate surface area is 132 Å². The van der Waals surface area contributed by atoms with E-state index in [1.54, 1.807) is 40.9 Å². The number of amides is 1. The molecule has 3 aromatic heterocycles. The number of carbonyl (C=O) groups excluding carboxylic acids is 1. The molecule has 0 radical (unpaired) electrons. The first-order valence-corrected chi connectivity index (χ1v) is 7.29. The second kappa shape index (κ2) is 6.42. The molecule has 3 rings (SSSR count). The van der Waals surface area contributed by atoms with E-state index in [1.165, 1.54) is 0 Å². The molecule has 1 N–H and O–H groups in total. The summed E-state index contributed by atoms with van der Waals surface area (Å²) < 4.78 is 8.50. The minimum atomic E-state index is -0.407. The molecular weight excluding hydrogens is 298 g/mol. The highest BCUT2D eigenvalue weighted by Gasteiger charge is 2.16. The summed E-state index contributed by atoms with van der Waals surface area (Å²) in [5, 5.41) is 14.9. The van der Waals surface area contributed by atoms with Gasteiger partial charge < -0.3 is 9.84 Å². The van der Waals surface area contributed by atoms with E-state index in [2.05, 4.69) is 25.7 Å². The molecule has 23 heavy (non-hydrogen) atoms. The van der Waals surface area contributed by atoms with Gasteiger partial charge in [-0.05, 0) is 19.9 Å². The van der Waals surface area contributed by atoms with Crippen molar-refractivity contribution in [2.75, 3.05) is 0 Å². The lowest BCUT2D eigenvalue weighted by molar-refractivity contribution is -0.124. The Balaban J connectivity index is 1.60.